The highest BCUT2D eigenvalue weighted by Gasteiger charge is 2.13. The van der Waals surface area contributed by atoms with Crippen LogP contribution in [0.1, 0.15) is 76.0 Å². The van der Waals surface area contributed by atoms with Crippen LogP contribution in [0.2, 0.25) is 0 Å². The second-order valence-electron chi connectivity index (χ2n) is 9.21. The molecule has 4 aromatic carbocycles. The number of hydrogen-bond donors (Lipinski definition) is 0. The van der Waals surface area contributed by atoms with Crippen molar-refractivity contribution in [2.24, 2.45) is 0 Å². The van der Waals surface area contributed by atoms with Crippen LogP contribution in [0.3, 0.4) is 0 Å². The maximum absolute atomic E-state index is 2.29. The molecule has 31 heavy (non-hydrogen) atoms. The van der Waals surface area contributed by atoms with Gasteiger partial charge in [-0.3, -0.25) is 0 Å². The van der Waals surface area contributed by atoms with E-state index in [1.165, 1.54) is 38.6 Å². The molecule has 0 heteroatoms. The molecule has 160 valence electrons. The van der Waals surface area contributed by atoms with Crippen molar-refractivity contribution in [2.45, 2.75) is 59.3 Å². The van der Waals surface area contributed by atoms with E-state index in [1.54, 1.807) is 0 Å². The van der Waals surface area contributed by atoms with E-state index >= 15 is 0 Å². The summed E-state index contributed by atoms with van der Waals surface area (Å²) in [6.45, 7) is 13.6. The third-order valence-corrected chi connectivity index (χ3v) is 5.87. The number of hydrogen-bond acceptors (Lipinski definition) is 0. The Morgan fingerprint density at radius 2 is 1.03 bits per heavy atom. The lowest BCUT2D eigenvalue weighted by Gasteiger charge is -2.18. The van der Waals surface area contributed by atoms with Crippen LogP contribution in [-0.4, -0.2) is 0 Å². The van der Waals surface area contributed by atoms with E-state index in [0.717, 1.165) is 0 Å². The standard InChI is InChI=1S/C16H20.C15H16/c1-11(2)14-10-9-13-7-5-6-8-15(13)16(14)12(3)4;1-12(2)14-10-6-7-11-15(14)13-8-4-3-5-9-13/h5-12H,1-4H3;3-12H,1-2H3. The van der Waals surface area contributed by atoms with Crippen molar-refractivity contribution in [3.05, 3.63) is 108 Å². The molecule has 0 bridgehead atoms. The van der Waals surface area contributed by atoms with Crippen molar-refractivity contribution >= 4 is 10.8 Å². The summed E-state index contributed by atoms with van der Waals surface area (Å²) in [7, 11) is 0. The third-order valence-electron chi connectivity index (χ3n) is 5.87. The molecule has 0 N–H and O–H groups in total. The zero-order chi connectivity index (χ0) is 22.4. The van der Waals surface area contributed by atoms with Gasteiger partial charge in [-0.1, -0.05) is 133 Å². The fourth-order valence-corrected chi connectivity index (χ4v) is 4.34. The first-order valence-electron chi connectivity index (χ1n) is 11.6. The molecule has 0 unspecified atom stereocenters. The summed E-state index contributed by atoms with van der Waals surface area (Å²) in [5.41, 5.74) is 7.10. The lowest BCUT2D eigenvalue weighted by atomic mass is 9.86. The monoisotopic (exact) mass is 408 g/mol. The van der Waals surface area contributed by atoms with Gasteiger partial charge >= 0.3 is 0 Å². The van der Waals surface area contributed by atoms with Gasteiger partial charge in [0.2, 0.25) is 0 Å². The predicted octanol–water partition coefficient (Wildman–Crippen LogP) is 9.56. The Bertz CT molecular complexity index is 1100. The van der Waals surface area contributed by atoms with E-state index in [4.69, 9.17) is 0 Å². The Labute approximate surface area is 189 Å². The van der Waals surface area contributed by atoms with Crippen LogP contribution >= 0.6 is 0 Å². The third kappa shape index (κ3) is 5.44. The van der Waals surface area contributed by atoms with Gasteiger partial charge in [0.15, 0.2) is 0 Å². The fourth-order valence-electron chi connectivity index (χ4n) is 4.34. The first-order chi connectivity index (χ1) is 14.9. The molecule has 4 rings (SSSR count). The smallest absolute Gasteiger partial charge is 0.0146 e. The van der Waals surface area contributed by atoms with Gasteiger partial charge in [-0.25, -0.2) is 0 Å². The molecule has 0 radical (unpaired) electrons. The van der Waals surface area contributed by atoms with Crippen LogP contribution in [0, 0.1) is 0 Å². The summed E-state index contributed by atoms with van der Waals surface area (Å²) >= 11 is 0. The number of benzene rings is 4. The molecular weight excluding hydrogens is 372 g/mol. The van der Waals surface area contributed by atoms with E-state index in [-0.39, 0.29) is 0 Å². The molecule has 0 heterocycles. The van der Waals surface area contributed by atoms with Crippen LogP contribution in [0.25, 0.3) is 21.9 Å². The van der Waals surface area contributed by atoms with Crippen LogP contribution in [0.5, 0.6) is 0 Å². The first kappa shape index (κ1) is 22.8. The van der Waals surface area contributed by atoms with Gasteiger partial charge in [-0.05, 0) is 56.3 Å². The molecule has 0 fully saturated rings. The van der Waals surface area contributed by atoms with Crippen LogP contribution in [0.4, 0.5) is 0 Å². The van der Waals surface area contributed by atoms with Crippen molar-refractivity contribution in [1.82, 2.24) is 0 Å². The highest BCUT2D eigenvalue weighted by Crippen LogP contribution is 2.33. The van der Waals surface area contributed by atoms with Gasteiger partial charge < -0.3 is 0 Å². The molecule has 0 amide bonds. The van der Waals surface area contributed by atoms with Crippen molar-refractivity contribution in [2.75, 3.05) is 0 Å². The molecule has 4 aromatic rings. The van der Waals surface area contributed by atoms with Crippen molar-refractivity contribution in [3.8, 4) is 11.1 Å². The number of fused-ring (bicyclic) bond motifs is 1. The minimum Gasteiger partial charge on any atom is -0.0622 e. The van der Waals surface area contributed by atoms with E-state index in [9.17, 15) is 0 Å². The summed E-state index contributed by atoms with van der Waals surface area (Å²) in [5, 5.41) is 2.78. The van der Waals surface area contributed by atoms with E-state index < -0.39 is 0 Å². The van der Waals surface area contributed by atoms with Crippen molar-refractivity contribution < 1.29 is 0 Å². The van der Waals surface area contributed by atoms with Gasteiger partial charge in [-0.15, -0.1) is 0 Å². The molecule has 0 aliphatic rings. The minimum absolute atomic E-state index is 0.571. The largest absolute Gasteiger partial charge is 0.0622 e. The number of rotatable bonds is 4. The highest BCUT2D eigenvalue weighted by molar-refractivity contribution is 5.87. The van der Waals surface area contributed by atoms with Gasteiger partial charge in [0.25, 0.3) is 0 Å². The summed E-state index contributed by atoms with van der Waals surface area (Å²) in [5.74, 6) is 1.76. The van der Waals surface area contributed by atoms with E-state index in [0.29, 0.717) is 17.8 Å². The Morgan fingerprint density at radius 3 is 1.68 bits per heavy atom. The quantitative estimate of drug-likeness (QED) is 0.315. The molecule has 0 aliphatic carbocycles. The molecule has 0 atom stereocenters. The first-order valence-corrected chi connectivity index (χ1v) is 11.6. The van der Waals surface area contributed by atoms with Crippen LogP contribution in [-0.2, 0) is 0 Å². The molecule has 0 aromatic heterocycles. The lowest BCUT2D eigenvalue weighted by molar-refractivity contribution is 0.798. The zero-order valence-corrected chi connectivity index (χ0v) is 19.9. The molecule has 0 saturated carbocycles. The van der Waals surface area contributed by atoms with Crippen LogP contribution < -0.4 is 0 Å². The summed E-state index contributed by atoms with van der Waals surface area (Å²) in [6, 6.07) is 32.4. The topological polar surface area (TPSA) is 0 Å². The van der Waals surface area contributed by atoms with Gasteiger partial charge in [-0.2, -0.15) is 0 Å². The van der Waals surface area contributed by atoms with Gasteiger partial charge in [0.1, 0.15) is 0 Å². The fraction of sp³-hybridized carbons (Fsp3) is 0.290. The Hall–Kier alpha value is -2.86. The summed E-state index contributed by atoms with van der Waals surface area (Å²) in [4.78, 5) is 0. The van der Waals surface area contributed by atoms with Crippen molar-refractivity contribution in [3.63, 3.8) is 0 Å². The molecular formula is C31H36. The lowest BCUT2D eigenvalue weighted by Crippen LogP contribution is -1.99. The summed E-state index contributed by atoms with van der Waals surface area (Å²) < 4.78 is 0. The maximum Gasteiger partial charge on any atom is -0.0146 e. The molecule has 0 saturated heterocycles. The Morgan fingerprint density at radius 1 is 0.452 bits per heavy atom. The van der Waals surface area contributed by atoms with E-state index in [1.807, 2.05) is 0 Å². The van der Waals surface area contributed by atoms with E-state index in [2.05, 4.69) is 133 Å². The second kappa shape index (κ2) is 10.4. The second-order valence-corrected chi connectivity index (χ2v) is 9.21. The van der Waals surface area contributed by atoms with Crippen LogP contribution in [0.15, 0.2) is 91.0 Å². The van der Waals surface area contributed by atoms with Gasteiger partial charge in [0, 0.05) is 0 Å². The average molecular weight is 409 g/mol. The maximum atomic E-state index is 2.29. The molecule has 0 spiro atoms. The minimum atomic E-state index is 0.571. The predicted molar refractivity (Wildman–Crippen MR) is 138 cm³/mol. The SMILES string of the molecule is CC(C)c1ccc2ccccc2c1C(C)C.CC(C)c1ccccc1-c1ccccc1. The molecule has 0 nitrogen and oxygen atoms in total. The highest BCUT2D eigenvalue weighted by atomic mass is 14.2. The Balaban J connectivity index is 0.000000176. The molecule has 0 aliphatic heterocycles. The zero-order valence-electron chi connectivity index (χ0n) is 19.9. The Kier molecular flexibility index (Phi) is 7.69. The summed E-state index contributed by atoms with van der Waals surface area (Å²) in [6.07, 6.45) is 0. The van der Waals surface area contributed by atoms with Gasteiger partial charge in [0.05, 0.1) is 0 Å². The average Bonchev–Trinajstić information content (AvgIpc) is 2.79. The normalized spacial score (nSPS) is 11.1. The van der Waals surface area contributed by atoms with Crippen molar-refractivity contribution in [1.29, 1.82) is 0 Å².